The minimum atomic E-state index is -0.111. The van der Waals surface area contributed by atoms with Crippen LogP contribution in [0.1, 0.15) is 50.2 Å². The van der Waals surface area contributed by atoms with E-state index in [1.165, 1.54) is 24.0 Å². The van der Waals surface area contributed by atoms with Crippen molar-refractivity contribution in [2.75, 3.05) is 7.05 Å². The molecule has 2 aromatic rings. The molecule has 24 heavy (non-hydrogen) atoms. The van der Waals surface area contributed by atoms with Crippen molar-refractivity contribution in [2.45, 2.75) is 32.2 Å². The summed E-state index contributed by atoms with van der Waals surface area (Å²) in [5.74, 6) is -0.168. The van der Waals surface area contributed by atoms with Gasteiger partial charge in [0.1, 0.15) is 0 Å². The van der Waals surface area contributed by atoms with Gasteiger partial charge in [-0.25, -0.2) is 0 Å². The number of benzene rings is 2. The molecule has 0 atom stereocenters. The first-order valence-corrected chi connectivity index (χ1v) is 8.38. The van der Waals surface area contributed by atoms with Crippen molar-refractivity contribution in [3.63, 3.8) is 0 Å². The summed E-state index contributed by atoms with van der Waals surface area (Å²) < 4.78 is 0. The summed E-state index contributed by atoms with van der Waals surface area (Å²) in [5.41, 5.74) is 4.99. The highest BCUT2D eigenvalue weighted by molar-refractivity contribution is 5.95. The van der Waals surface area contributed by atoms with Crippen molar-refractivity contribution < 1.29 is 9.59 Å². The molecule has 4 nitrogen and oxygen atoms in total. The summed E-state index contributed by atoms with van der Waals surface area (Å²) in [6.07, 6.45) is 4.63. The molecule has 0 saturated carbocycles. The monoisotopic (exact) mass is 322 g/mol. The van der Waals surface area contributed by atoms with E-state index in [2.05, 4.69) is 16.7 Å². The number of carbonyl (C=O) groups is 2. The smallest absolute Gasteiger partial charge is 0.251 e. The van der Waals surface area contributed by atoms with E-state index < -0.39 is 0 Å². The minimum absolute atomic E-state index is 0.0567. The first-order valence-electron chi connectivity index (χ1n) is 8.38. The van der Waals surface area contributed by atoms with Gasteiger partial charge in [-0.2, -0.15) is 0 Å². The lowest BCUT2D eigenvalue weighted by Crippen LogP contribution is -2.23. The Labute approximate surface area is 142 Å². The molecule has 2 N–H and O–H groups in total. The summed E-state index contributed by atoms with van der Waals surface area (Å²) in [5, 5.41) is 5.53. The molecule has 0 unspecified atom stereocenters. The van der Waals surface area contributed by atoms with Crippen LogP contribution in [-0.2, 0) is 19.4 Å². The molecule has 2 aromatic carbocycles. The maximum atomic E-state index is 12.4. The third-order valence-corrected chi connectivity index (χ3v) is 4.51. The van der Waals surface area contributed by atoms with Gasteiger partial charge >= 0.3 is 0 Å². The summed E-state index contributed by atoms with van der Waals surface area (Å²) in [6, 6.07) is 13.3. The van der Waals surface area contributed by atoms with Crippen LogP contribution in [0, 0.1) is 0 Å². The predicted octanol–water partition coefficient (Wildman–Crippen LogP) is 2.86. The highest BCUT2D eigenvalue weighted by Crippen LogP contribution is 2.22. The van der Waals surface area contributed by atoms with E-state index in [0.29, 0.717) is 12.1 Å². The Hall–Kier alpha value is -2.62. The molecule has 0 heterocycles. The van der Waals surface area contributed by atoms with Crippen LogP contribution >= 0.6 is 0 Å². The molecule has 1 aliphatic rings. The Morgan fingerprint density at radius 1 is 0.875 bits per heavy atom. The number of nitrogens with one attached hydrogen (secondary N) is 2. The number of fused-ring (bicyclic) bond motifs is 1. The third kappa shape index (κ3) is 3.65. The van der Waals surface area contributed by atoms with Gasteiger partial charge in [-0.15, -0.1) is 0 Å². The van der Waals surface area contributed by atoms with Gasteiger partial charge in [0, 0.05) is 24.7 Å². The van der Waals surface area contributed by atoms with Gasteiger partial charge in [0.15, 0.2) is 0 Å². The van der Waals surface area contributed by atoms with E-state index in [0.717, 1.165) is 24.0 Å². The Kier molecular flexibility index (Phi) is 4.94. The lowest BCUT2D eigenvalue weighted by Gasteiger charge is -2.16. The van der Waals surface area contributed by atoms with E-state index >= 15 is 0 Å². The Morgan fingerprint density at radius 2 is 1.54 bits per heavy atom. The van der Waals surface area contributed by atoms with Crippen LogP contribution in [0.4, 0.5) is 0 Å². The molecule has 4 heteroatoms. The fourth-order valence-corrected chi connectivity index (χ4v) is 3.08. The van der Waals surface area contributed by atoms with Crippen molar-refractivity contribution in [2.24, 2.45) is 0 Å². The normalized spacial score (nSPS) is 13.0. The van der Waals surface area contributed by atoms with E-state index in [9.17, 15) is 9.59 Å². The largest absolute Gasteiger partial charge is 0.355 e. The van der Waals surface area contributed by atoms with Gasteiger partial charge in [-0.3, -0.25) is 9.59 Å². The SMILES string of the molecule is CNC(=O)c1ccc(CNC(=O)c2ccc3c(c2)CCCC3)cc1. The second-order valence-corrected chi connectivity index (χ2v) is 6.15. The van der Waals surface area contributed by atoms with Crippen LogP contribution in [0.5, 0.6) is 0 Å². The van der Waals surface area contributed by atoms with Crippen LogP contribution in [0.3, 0.4) is 0 Å². The molecular formula is C20H22N2O2. The molecule has 124 valence electrons. The zero-order chi connectivity index (χ0) is 16.9. The Morgan fingerprint density at radius 3 is 2.25 bits per heavy atom. The van der Waals surface area contributed by atoms with Crippen LogP contribution in [0.15, 0.2) is 42.5 Å². The van der Waals surface area contributed by atoms with Crippen molar-refractivity contribution >= 4 is 11.8 Å². The number of aryl methyl sites for hydroxylation is 2. The molecule has 0 bridgehead atoms. The minimum Gasteiger partial charge on any atom is -0.355 e. The Bertz CT molecular complexity index is 751. The van der Waals surface area contributed by atoms with E-state index in [-0.39, 0.29) is 11.8 Å². The predicted molar refractivity (Wildman–Crippen MR) is 94.1 cm³/mol. The van der Waals surface area contributed by atoms with Crippen LogP contribution in [-0.4, -0.2) is 18.9 Å². The summed E-state index contributed by atoms with van der Waals surface area (Å²) in [4.78, 5) is 23.9. The summed E-state index contributed by atoms with van der Waals surface area (Å²) in [6.45, 7) is 0.448. The topological polar surface area (TPSA) is 58.2 Å². The number of hydrogen-bond acceptors (Lipinski definition) is 2. The average Bonchev–Trinajstić information content (AvgIpc) is 2.65. The van der Waals surface area contributed by atoms with Crippen molar-refractivity contribution in [1.29, 1.82) is 0 Å². The molecule has 3 rings (SSSR count). The lowest BCUT2D eigenvalue weighted by atomic mass is 9.90. The third-order valence-electron chi connectivity index (χ3n) is 4.51. The number of rotatable bonds is 4. The van der Waals surface area contributed by atoms with Crippen LogP contribution in [0.2, 0.25) is 0 Å². The quantitative estimate of drug-likeness (QED) is 0.909. The molecule has 0 saturated heterocycles. The maximum Gasteiger partial charge on any atom is 0.251 e. The molecule has 0 fully saturated rings. The van der Waals surface area contributed by atoms with Gasteiger partial charge in [0.2, 0.25) is 0 Å². The average molecular weight is 322 g/mol. The maximum absolute atomic E-state index is 12.4. The molecule has 0 radical (unpaired) electrons. The standard InChI is InChI=1S/C20H22N2O2/c1-21-19(23)16-8-6-14(7-9-16)13-22-20(24)18-11-10-15-4-2-3-5-17(15)12-18/h6-12H,2-5,13H2,1H3,(H,21,23)(H,22,24). The Balaban J connectivity index is 1.62. The molecule has 1 aliphatic carbocycles. The van der Waals surface area contributed by atoms with Crippen LogP contribution in [0.25, 0.3) is 0 Å². The van der Waals surface area contributed by atoms with Crippen LogP contribution < -0.4 is 10.6 Å². The highest BCUT2D eigenvalue weighted by Gasteiger charge is 2.12. The highest BCUT2D eigenvalue weighted by atomic mass is 16.2. The second-order valence-electron chi connectivity index (χ2n) is 6.15. The number of hydrogen-bond donors (Lipinski definition) is 2. The molecule has 0 aliphatic heterocycles. The second kappa shape index (κ2) is 7.30. The molecule has 2 amide bonds. The van der Waals surface area contributed by atoms with Crippen molar-refractivity contribution in [3.8, 4) is 0 Å². The van der Waals surface area contributed by atoms with Gasteiger partial charge in [-0.1, -0.05) is 18.2 Å². The summed E-state index contributed by atoms with van der Waals surface area (Å²) >= 11 is 0. The van der Waals surface area contributed by atoms with Gasteiger partial charge in [-0.05, 0) is 66.6 Å². The fraction of sp³-hybridized carbons (Fsp3) is 0.300. The van der Waals surface area contributed by atoms with Gasteiger partial charge in [0.25, 0.3) is 11.8 Å². The van der Waals surface area contributed by atoms with E-state index in [1.54, 1.807) is 19.2 Å². The van der Waals surface area contributed by atoms with Crippen molar-refractivity contribution in [1.82, 2.24) is 10.6 Å². The number of carbonyl (C=O) groups excluding carboxylic acids is 2. The molecular weight excluding hydrogens is 300 g/mol. The summed E-state index contributed by atoms with van der Waals surface area (Å²) in [7, 11) is 1.61. The fourth-order valence-electron chi connectivity index (χ4n) is 3.08. The van der Waals surface area contributed by atoms with Gasteiger partial charge in [0.05, 0.1) is 0 Å². The number of amides is 2. The molecule has 0 aromatic heterocycles. The van der Waals surface area contributed by atoms with E-state index in [4.69, 9.17) is 0 Å². The zero-order valence-corrected chi connectivity index (χ0v) is 13.9. The van der Waals surface area contributed by atoms with Gasteiger partial charge < -0.3 is 10.6 Å². The lowest BCUT2D eigenvalue weighted by molar-refractivity contribution is 0.0946. The van der Waals surface area contributed by atoms with E-state index in [1.807, 2.05) is 24.3 Å². The van der Waals surface area contributed by atoms with Crippen molar-refractivity contribution in [3.05, 3.63) is 70.3 Å². The molecule has 0 spiro atoms. The first-order chi connectivity index (χ1) is 11.7. The zero-order valence-electron chi connectivity index (χ0n) is 13.9. The first kappa shape index (κ1) is 16.2.